The van der Waals surface area contributed by atoms with Crippen LogP contribution in [0.25, 0.3) is 0 Å². The standard InChI is InChI=1S/C17H22N2O3/c20-16(12-18-8-3-6-15(10-18)17(21)22)19-9-7-13-4-1-2-5-14(13)11-19/h1-2,4-5,15H,3,6-12H2,(H,21,22). The van der Waals surface area contributed by atoms with Crippen molar-refractivity contribution in [3.05, 3.63) is 35.4 Å². The fourth-order valence-corrected chi connectivity index (χ4v) is 3.40. The minimum atomic E-state index is -0.746. The maximum atomic E-state index is 12.5. The van der Waals surface area contributed by atoms with Crippen molar-refractivity contribution in [1.29, 1.82) is 0 Å². The van der Waals surface area contributed by atoms with Crippen LogP contribution < -0.4 is 0 Å². The third-order valence-electron chi connectivity index (χ3n) is 4.70. The number of nitrogens with zero attached hydrogens (tertiary/aromatic N) is 2. The number of carboxylic acids is 1. The van der Waals surface area contributed by atoms with Gasteiger partial charge in [-0.1, -0.05) is 24.3 Å². The summed E-state index contributed by atoms with van der Waals surface area (Å²) >= 11 is 0. The Morgan fingerprint density at radius 1 is 1.18 bits per heavy atom. The molecule has 1 aromatic rings. The molecular formula is C17H22N2O3. The lowest BCUT2D eigenvalue weighted by atomic mass is 9.98. The highest BCUT2D eigenvalue weighted by Gasteiger charge is 2.28. The van der Waals surface area contributed by atoms with E-state index in [-0.39, 0.29) is 11.8 Å². The van der Waals surface area contributed by atoms with Crippen LogP contribution in [0.2, 0.25) is 0 Å². The summed E-state index contributed by atoms with van der Waals surface area (Å²) in [6.45, 7) is 3.08. The lowest BCUT2D eigenvalue weighted by Crippen LogP contribution is -2.46. The molecule has 0 saturated carbocycles. The Hall–Kier alpha value is -1.88. The zero-order valence-electron chi connectivity index (χ0n) is 12.7. The SMILES string of the molecule is O=C(O)C1CCCN(CC(=O)N2CCc3ccccc3C2)C1. The molecule has 0 spiro atoms. The number of fused-ring (bicyclic) bond motifs is 1. The molecule has 1 aromatic carbocycles. The second-order valence-electron chi connectivity index (χ2n) is 6.25. The van der Waals surface area contributed by atoms with Crippen molar-refractivity contribution in [3.63, 3.8) is 0 Å². The first-order valence-electron chi connectivity index (χ1n) is 7.93. The van der Waals surface area contributed by atoms with Gasteiger partial charge in [-0.15, -0.1) is 0 Å². The minimum absolute atomic E-state index is 0.112. The zero-order chi connectivity index (χ0) is 15.5. The molecule has 2 heterocycles. The predicted molar refractivity (Wildman–Crippen MR) is 82.4 cm³/mol. The molecule has 118 valence electrons. The van der Waals surface area contributed by atoms with Crippen LogP contribution >= 0.6 is 0 Å². The Labute approximate surface area is 130 Å². The number of hydrogen-bond acceptors (Lipinski definition) is 3. The highest BCUT2D eigenvalue weighted by molar-refractivity contribution is 5.79. The molecule has 22 heavy (non-hydrogen) atoms. The molecule has 1 saturated heterocycles. The van der Waals surface area contributed by atoms with Gasteiger partial charge in [0.2, 0.25) is 5.91 Å². The van der Waals surface area contributed by atoms with E-state index < -0.39 is 5.97 Å². The summed E-state index contributed by atoms with van der Waals surface area (Å²) in [7, 11) is 0. The van der Waals surface area contributed by atoms with Gasteiger partial charge in [-0.25, -0.2) is 0 Å². The summed E-state index contributed by atoms with van der Waals surface area (Å²) in [4.78, 5) is 27.5. The normalized spacial score (nSPS) is 22.2. The van der Waals surface area contributed by atoms with E-state index in [1.165, 1.54) is 11.1 Å². The number of piperidine rings is 1. The van der Waals surface area contributed by atoms with Crippen molar-refractivity contribution in [2.75, 3.05) is 26.2 Å². The number of hydrogen-bond donors (Lipinski definition) is 1. The lowest BCUT2D eigenvalue weighted by Gasteiger charge is -2.34. The first kappa shape index (κ1) is 15.0. The second kappa shape index (κ2) is 6.48. The quantitative estimate of drug-likeness (QED) is 0.916. The predicted octanol–water partition coefficient (Wildman–Crippen LogP) is 1.37. The molecule has 0 aliphatic carbocycles. The van der Waals surface area contributed by atoms with Gasteiger partial charge >= 0.3 is 5.97 Å². The van der Waals surface area contributed by atoms with Crippen molar-refractivity contribution in [3.8, 4) is 0 Å². The molecule has 1 amide bonds. The average molecular weight is 302 g/mol. The van der Waals surface area contributed by atoms with E-state index in [2.05, 4.69) is 12.1 Å². The van der Waals surface area contributed by atoms with Gasteiger partial charge in [0.15, 0.2) is 0 Å². The molecular weight excluding hydrogens is 280 g/mol. The number of amides is 1. The zero-order valence-corrected chi connectivity index (χ0v) is 12.7. The van der Waals surface area contributed by atoms with Crippen LogP contribution in [-0.2, 0) is 22.6 Å². The van der Waals surface area contributed by atoms with Crippen molar-refractivity contribution in [1.82, 2.24) is 9.80 Å². The number of benzene rings is 1. The maximum Gasteiger partial charge on any atom is 0.307 e. The van der Waals surface area contributed by atoms with Gasteiger partial charge in [0, 0.05) is 19.6 Å². The van der Waals surface area contributed by atoms with Crippen molar-refractivity contribution < 1.29 is 14.7 Å². The largest absolute Gasteiger partial charge is 0.481 e. The van der Waals surface area contributed by atoms with E-state index >= 15 is 0 Å². The maximum absolute atomic E-state index is 12.5. The van der Waals surface area contributed by atoms with E-state index in [4.69, 9.17) is 5.11 Å². The number of carbonyl (C=O) groups excluding carboxylic acids is 1. The molecule has 1 unspecified atom stereocenters. The van der Waals surface area contributed by atoms with Crippen LogP contribution in [-0.4, -0.2) is 53.0 Å². The molecule has 5 nitrogen and oxygen atoms in total. The van der Waals surface area contributed by atoms with Gasteiger partial charge in [-0.05, 0) is 36.9 Å². The van der Waals surface area contributed by atoms with Crippen LogP contribution in [0.15, 0.2) is 24.3 Å². The van der Waals surface area contributed by atoms with Crippen molar-refractivity contribution >= 4 is 11.9 Å². The van der Waals surface area contributed by atoms with Gasteiger partial charge in [0.1, 0.15) is 0 Å². The van der Waals surface area contributed by atoms with Crippen LogP contribution in [0.4, 0.5) is 0 Å². The van der Waals surface area contributed by atoms with E-state index in [9.17, 15) is 9.59 Å². The summed E-state index contributed by atoms with van der Waals surface area (Å²) in [5, 5.41) is 9.13. The minimum Gasteiger partial charge on any atom is -0.481 e. The molecule has 0 radical (unpaired) electrons. The lowest BCUT2D eigenvalue weighted by molar-refractivity contribution is -0.145. The molecule has 3 rings (SSSR count). The average Bonchev–Trinajstić information content (AvgIpc) is 2.54. The highest BCUT2D eigenvalue weighted by Crippen LogP contribution is 2.20. The van der Waals surface area contributed by atoms with E-state index in [1.807, 2.05) is 21.9 Å². The summed E-state index contributed by atoms with van der Waals surface area (Å²) < 4.78 is 0. The molecule has 2 aliphatic heterocycles. The Morgan fingerprint density at radius 2 is 1.95 bits per heavy atom. The second-order valence-corrected chi connectivity index (χ2v) is 6.25. The molecule has 1 N–H and O–H groups in total. The monoisotopic (exact) mass is 302 g/mol. The molecule has 1 atom stereocenters. The van der Waals surface area contributed by atoms with Crippen molar-refractivity contribution in [2.24, 2.45) is 5.92 Å². The summed E-state index contributed by atoms with van der Waals surface area (Å²) in [6, 6.07) is 8.25. The highest BCUT2D eigenvalue weighted by atomic mass is 16.4. The number of aliphatic carboxylic acids is 1. The summed E-state index contributed by atoms with van der Waals surface area (Å²) in [5.74, 6) is -0.965. The Kier molecular flexibility index (Phi) is 4.43. The smallest absolute Gasteiger partial charge is 0.307 e. The third kappa shape index (κ3) is 3.30. The molecule has 0 bridgehead atoms. The number of carbonyl (C=O) groups is 2. The first-order chi connectivity index (χ1) is 10.6. The fourth-order valence-electron chi connectivity index (χ4n) is 3.40. The van der Waals surface area contributed by atoms with Gasteiger partial charge in [0.05, 0.1) is 12.5 Å². The molecule has 1 fully saturated rings. The Morgan fingerprint density at radius 3 is 2.73 bits per heavy atom. The number of rotatable bonds is 3. The van der Waals surface area contributed by atoms with Gasteiger partial charge in [0.25, 0.3) is 0 Å². The number of likely N-dealkylation sites (tertiary alicyclic amines) is 1. The third-order valence-corrected chi connectivity index (χ3v) is 4.70. The van der Waals surface area contributed by atoms with Gasteiger partial charge in [-0.2, -0.15) is 0 Å². The Bertz CT molecular complexity index is 573. The molecule has 2 aliphatic rings. The molecule has 0 aromatic heterocycles. The van der Waals surface area contributed by atoms with Gasteiger partial charge in [-0.3, -0.25) is 14.5 Å². The summed E-state index contributed by atoms with van der Waals surface area (Å²) in [6.07, 6.45) is 2.48. The topological polar surface area (TPSA) is 60.9 Å². The fraction of sp³-hybridized carbons (Fsp3) is 0.529. The van der Waals surface area contributed by atoms with Gasteiger partial charge < -0.3 is 10.0 Å². The van der Waals surface area contributed by atoms with Crippen LogP contribution in [0.1, 0.15) is 24.0 Å². The summed E-state index contributed by atoms with van der Waals surface area (Å²) in [5.41, 5.74) is 2.56. The van der Waals surface area contributed by atoms with Crippen LogP contribution in [0.3, 0.4) is 0 Å². The molecule has 5 heteroatoms. The van der Waals surface area contributed by atoms with Crippen LogP contribution in [0.5, 0.6) is 0 Å². The van der Waals surface area contributed by atoms with E-state index in [0.717, 1.165) is 32.4 Å². The first-order valence-corrected chi connectivity index (χ1v) is 7.93. The van der Waals surface area contributed by atoms with Crippen molar-refractivity contribution in [2.45, 2.75) is 25.8 Å². The number of carboxylic acid groups (broad SMARTS) is 1. The van der Waals surface area contributed by atoms with E-state index in [1.54, 1.807) is 0 Å². The van der Waals surface area contributed by atoms with E-state index in [0.29, 0.717) is 19.6 Å². The Balaban J connectivity index is 1.58. The van der Waals surface area contributed by atoms with Crippen LogP contribution in [0, 0.1) is 5.92 Å².